The van der Waals surface area contributed by atoms with Crippen LogP contribution in [-0.2, 0) is 11.3 Å². The molecule has 1 N–H and O–H groups in total. The minimum atomic E-state index is -0.232. The van der Waals surface area contributed by atoms with E-state index < -0.39 is 0 Å². The molecule has 3 nitrogen and oxygen atoms in total. The normalized spacial score (nSPS) is 12.7. The molecule has 0 fully saturated rings. The smallest absolute Gasteiger partial charge is 0.338 e. The van der Waals surface area contributed by atoms with Crippen LogP contribution in [-0.4, -0.2) is 19.6 Å². The van der Waals surface area contributed by atoms with Crippen LogP contribution in [0.25, 0.3) is 0 Å². The Morgan fingerprint density at radius 3 is 3.19 bits per heavy atom. The van der Waals surface area contributed by atoms with Crippen LogP contribution in [0.2, 0.25) is 0 Å². The summed E-state index contributed by atoms with van der Waals surface area (Å²) >= 11 is 0. The molecule has 0 unspecified atom stereocenters. The molecule has 0 amide bonds. The minimum absolute atomic E-state index is 0.232. The van der Waals surface area contributed by atoms with Gasteiger partial charge in [0.2, 0.25) is 0 Å². The van der Waals surface area contributed by atoms with E-state index in [1.165, 1.54) is 0 Å². The molecule has 0 spiro atoms. The van der Waals surface area contributed by atoms with Crippen molar-refractivity contribution in [1.82, 2.24) is 5.32 Å². The minimum Gasteiger partial charge on any atom is -0.457 e. The summed E-state index contributed by atoms with van der Waals surface area (Å²) in [5.41, 5.74) is 2.54. The predicted octanol–water partition coefficient (Wildman–Crippen LogP) is 1.32. The van der Waals surface area contributed by atoms with Gasteiger partial charge in [-0.05, 0) is 25.2 Å². The van der Waals surface area contributed by atoms with Gasteiger partial charge in [0.15, 0.2) is 0 Å². The van der Waals surface area contributed by atoms with Gasteiger partial charge in [0.05, 0.1) is 5.56 Å². The summed E-state index contributed by atoms with van der Waals surface area (Å²) in [4.78, 5) is 11.2. The highest BCUT2D eigenvalue weighted by molar-refractivity contribution is 5.93. The zero-order valence-corrected chi connectivity index (χ0v) is 9.17. The van der Waals surface area contributed by atoms with E-state index in [0.717, 1.165) is 24.1 Å². The van der Waals surface area contributed by atoms with Crippen LogP contribution in [0.4, 0.5) is 0 Å². The Morgan fingerprint density at radius 2 is 2.38 bits per heavy atom. The predicted molar refractivity (Wildman–Crippen MR) is 61.0 cm³/mol. The van der Waals surface area contributed by atoms with Gasteiger partial charge in [-0.3, -0.25) is 0 Å². The summed E-state index contributed by atoms with van der Waals surface area (Å²) in [6.45, 7) is 1.26. The van der Waals surface area contributed by atoms with E-state index in [0.29, 0.717) is 12.2 Å². The highest BCUT2D eigenvalue weighted by Crippen LogP contribution is 2.20. The van der Waals surface area contributed by atoms with Crippen LogP contribution in [0.5, 0.6) is 0 Å². The van der Waals surface area contributed by atoms with E-state index in [1.54, 1.807) is 6.07 Å². The molecule has 1 aromatic carbocycles. The maximum atomic E-state index is 11.2. The Hall–Kier alpha value is -1.79. The maximum absolute atomic E-state index is 11.2. The molecule has 0 aliphatic carbocycles. The first kappa shape index (κ1) is 10.7. The van der Waals surface area contributed by atoms with Gasteiger partial charge in [0, 0.05) is 24.1 Å². The molecule has 1 aliphatic heterocycles. The van der Waals surface area contributed by atoms with Crippen molar-refractivity contribution in [2.75, 3.05) is 13.6 Å². The summed E-state index contributed by atoms with van der Waals surface area (Å²) in [6, 6.07) is 5.57. The maximum Gasteiger partial charge on any atom is 0.338 e. The molecule has 1 aromatic rings. The quantitative estimate of drug-likeness (QED) is 0.459. The van der Waals surface area contributed by atoms with Gasteiger partial charge in [0.25, 0.3) is 0 Å². The molecule has 0 atom stereocenters. The Morgan fingerprint density at radius 1 is 1.50 bits per heavy atom. The molecule has 0 saturated carbocycles. The van der Waals surface area contributed by atoms with Crippen LogP contribution in [0, 0.1) is 11.8 Å². The summed E-state index contributed by atoms with van der Waals surface area (Å²) in [5, 5.41) is 3.03. The van der Waals surface area contributed by atoms with E-state index in [-0.39, 0.29) is 5.97 Å². The molecule has 1 heterocycles. The molecule has 0 aromatic heterocycles. The van der Waals surface area contributed by atoms with Crippen molar-refractivity contribution in [3.8, 4) is 11.8 Å². The van der Waals surface area contributed by atoms with Crippen molar-refractivity contribution < 1.29 is 9.53 Å². The lowest BCUT2D eigenvalue weighted by atomic mass is 10.1. The van der Waals surface area contributed by atoms with E-state index >= 15 is 0 Å². The lowest BCUT2D eigenvalue weighted by molar-refractivity contribution is 0.0535. The summed E-state index contributed by atoms with van der Waals surface area (Å²) in [7, 11) is 1.90. The molecule has 82 valence electrons. The Bertz CT molecular complexity index is 469. The van der Waals surface area contributed by atoms with Crippen LogP contribution >= 0.6 is 0 Å². The molecule has 1 aliphatic rings. The van der Waals surface area contributed by atoms with Gasteiger partial charge >= 0.3 is 5.97 Å². The third-order valence-corrected chi connectivity index (χ3v) is 2.42. The summed E-state index contributed by atoms with van der Waals surface area (Å²) in [5.74, 6) is 5.90. The van der Waals surface area contributed by atoms with Crippen LogP contribution in [0.15, 0.2) is 18.2 Å². The summed E-state index contributed by atoms with van der Waals surface area (Å²) < 4.78 is 4.92. The fraction of sp³-hybridized carbons (Fsp3) is 0.308. The summed E-state index contributed by atoms with van der Waals surface area (Å²) in [6.07, 6.45) is 0.822. The van der Waals surface area contributed by atoms with Crippen molar-refractivity contribution in [3.05, 3.63) is 34.9 Å². The number of cyclic esters (lactones) is 1. The highest BCUT2D eigenvalue weighted by atomic mass is 16.5. The van der Waals surface area contributed by atoms with Crippen molar-refractivity contribution in [2.45, 2.75) is 13.0 Å². The molecule has 2 rings (SSSR count). The van der Waals surface area contributed by atoms with Crippen molar-refractivity contribution in [2.24, 2.45) is 0 Å². The number of hydrogen-bond acceptors (Lipinski definition) is 3. The second kappa shape index (κ2) is 4.82. The fourth-order valence-electron chi connectivity index (χ4n) is 1.56. The SMILES string of the molecule is CNCCC#Cc1ccc2c(c1)COC2=O. The van der Waals surface area contributed by atoms with Gasteiger partial charge in [-0.25, -0.2) is 4.79 Å². The number of hydrogen-bond donors (Lipinski definition) is 1. The molecule has 0 saturated heterocycles. The van der Waals surface area contributed by atoms with Crippen molar-refractivity contribution >= 4 is 5.97 Å². The zero-order valence-electron chi connectivity index (χ0n) is 9.17. The molecule has 0 bridgehead atoms. The number of ether oxygens (including phenoxy) is 1. The van der Waals surface area contributed by atoms with Crippen LogP contribution in [0.1, 0.15) is 27.9 Å². The average Bonchev–Trinajstić information content (AvgIpc) is 2.66. The second-order valence-corrected chi connectivity index (χ2v) is 3.60. The topological polar surface area (TPSA) is 38.3 Å². The third kappa shape index (κ3) is 2.23. The zero-order chi connectivity index (χ0) is 11.4. The van der Waals surface area contributed by atoms with Crippen LogP contribution in [0.3, 0.4) is 0 Å². The first-order valence-corrected chi connectivity index (χ1v) is 5.25. The Balaban J connectivity index is 2.12. The van der Waals surface area contributed by atoms with E-state index in [1.807, 2.05) is 19.2 Å². The first-order valence-electron chi connectivity index (χ1n) is 5.25. The number of rotatable bonds is 2. The van der Waals surface area contributed by atoms with Crippen LogP contribution < -0.4 is 5.32 Å². The van der Waals surface area contributed by atoms with Gasteiger partial charge in [-0.15, -0.1) is 0 Å². The van der Waals surface area contributed by atoms with Gasteiger partial charge < -0.3 is 10.1 Å². The molecular formula is C13H13NO2. The number of fused-ring (bicyclic) bond motifs is 1. The molecule has 0 radical (unpaired) electrons. The first-order chi connectivity index (χ1) is 7.81. The van der Waals surface area contributed by atoms with E-state index in [4.69, 9.17) is 4.74 Å². The van der Waals surface area contributed by atoms with E-state index in [9.17, 15) is 4.79 Å². The Kier molecular flexibility index (Phi) is 3.23. The number of carbonyl (C=O) groups is 1. The fourth-order valence-corrected chi connectivity index (χ4v) is 1.56. The number of carbonyl (C=O) groups excluding carboxylic acids is 1. The molecule has 16 heavy (non-hydrogen) atoms. The molecule has 3 heteroatoms. The lowest BCUT2D eigenvalue weighted by Crippen LogP contribution is -2.05. The average molecular weight is 215 g/mol. The Labute approximate surface area is 94.8 Å². The monoisotopic (exact) mass is 215 g/mol. The number of nitrogens with one attached hydrogen (secondary N) is 1. The van der Waals surface area contributed by atoms with Gasteiger partial charge in [-0.2, -0.15) is 0 Å². The van der Waals surface area contributed by atoms with Crippen molar-refractivity contribution in [3.63, 3.8) is 0 Å². The standard InChI is InChI=1S/C13H13NO2/c1-14-7-3-2-4-10-5-6-12-11(8-10)9-16-13(12)15/h5-6,8,14H,3,7,9H2,1H3. The third-order valence-electron chi connectivity index (χ3n) is 2.42. The van der Waals surface area contributed by atoms with Crippen molar-refractivity contribution in [1.29, 1.82) is 0 Å². The number of benzene rings is 1. The van der Waals surface area contributed by atoms with Gasteiger partial charge in [0.1, 0.15) is 6.61 Å². The second-order valence-electron chi connectivity index (χ2n) is 3.60. The van der Waals surface area contributed by atoms with Gasteiger partial charge in [-0.1, -0.05) is 11.8 Å². The number of esters is 1. The largest absolute Gasteiger partial charge is 0.457 e. The highest BCUT2D eigenvalue weighted by Gasteiger charge is 2.20. The lowest BCUT2D eigenvalue weighted by Gasteiger charge is -1.94. The van der Waals surface area contributed by atoms with E-state index in [2.05, 4.69) is 17.2 Å². The molecular weight excluding hydrogens is 202 g/mol.